The molecule has 10 heteroatoms. The van der Waals surface area contributed by atoms with Gasteiger partial charge in [-0.25, -0.2) is 0 Å². The minimum Gasteiger partial charge on any atom is -0.492 e. The van der Waals surface area contributed by atoms with Gasteiger partial charge in [0.2, 0.25) is 11.8 Å². The van der Waals surface area contributed by atoms with E-state index in [1.54, 1.807) is 46.2 Å². The maximum absolute atomic E-state index is 12.5. The Bertz CT molecular complexity index is 917. The second-order valence-corrected chi connectivity index (χ2v) is 9.50. The molecule has 1 saturated heterocycles. The summed E-state index contributed by atoms with van der Waals surface area (Å²) in [6.45, 7) is 2.90. The summed E-state index contributed by atoms with van der Waals surface area (Å²) in [4.78, 5) is 28.6. The molecule has 0 unspecified atom stereocenters. The second-order valence-electron chi connectivity index (χ2n) is 7.82. The van der Waals surface area contributed by atoms with Crippen LogP contribution in [0.25, 0.3) is 0 Å². The van der Waals surface area contributed by atoms with E-state index in [1.807, 2.05) is 0 Å². The zero-order valence-corrected chi connectivity index (χ0v) is 21.6. The van der Waals surface area contributed by atoms with E-state index in [1.165, 1.54) is 0 Å². The number of carbonyl (C=O) groups is 2. The lowest BCUT2D eigenvalue weighted by Gasteiger charge is -2.35. The van der Waals surface area contributed by atoms with Gasteiger partial charge in [-0.3, -0.25) is 9.59 Å². The molecule has 0 aliphatic carbocycles. The molecule has 0 spiro atoms. The summed E-state index contributed by atoms with van der Waals surface area (Å²) in [6.07, 6.45) is 1.91. The van der Waals surface area contributed by atoms with Crippen molar-refractivity contribution in [3.8, 4) is 11.5 Å². The van der Waals surface area contributed by atoms with Gasteiger partial charge in [0.15, 0.2) is 0 Å². The molecular formula is C24H26Cl4N2O4. The van der Waals surface area contributed by atoms with Crippen molar-refractivity contribution in [2.45, 2.75) is 25.7 Å². The van der Waals surface area contributed by atoms with Crippen LogP contribution in [-0.4, -0.2) is 61.0 Å². The van der Waals surface area contributed by atoms with Crippen molar-refractivity contribution in [2.75, 3.05) is 39.4 Å². The number of ether oxygens (including phenoxy) is 2. The first kappa shape index (κ1) is 26.7. The molecular weight excluding hydrogens is 522 g/mol. The number of hydrogen-bond acceptors (Lipinski definition) is 4. The smallest absolute Gasteiger partial charge is 0.222 e. The highest BCUT2D eigenvalue weighted by molar-refractivity contribution is 6.36. The number of nitrogens with zero attached hydrogens (tertiary/aromatic N) is 2. The molecule has 1 fully saturated rings. The highest BCUT2D eigenvalue weighted by atomic mass is 35.5. The molecule has 0 saturated carbocycles. The molecule has 0 aromatic heterocycles. The summed E-state index contributed by atoms with van der Waals surface area (Å²) < 4.78 is 11.3. The number of halogens is 4. The van der Waals surface area contributed by atoms with Gasteiger partial charge in [0.1, 0.15) is 11.5 Å². The molecule has 2 aromatic carbocycles. The second kappa shape index (κ2) is 13.3. The first-order chi connectivity index (χ1) is 16.3. The molecule has 184 valence electrons. The largest absolute Gasteiger partial charge is 0.492 e. The van der Waals surface area contributed by atoms with Crippen LogP contribution in [0.1, 0.15) is 25.7 Å². The Labute approximate surface area is 219 Å². The van der Waals surface area contributed by atoms with Gasteiger partial charge in [-0.15, -0.1) is 0 Å². The van der Waals surface area contributed by atoms with Gasteiger partial charge in [0.05, 0.1) is 23.3 Å². The zero-order chi connectivity index (χ0) is 24.5. The Hall–Kier alpha value is -1.86. The third-order valence-corrected chi connectivity index (χ3v) is 6.42. The van der Waals surface area contributed by atoms with Crippen molar-refractivity contribution < 1.29 is 19.1 Å². The Morgan fingerprint density at radius 2 is 1.06 bits per heavy atom. The average molecular weight is 548 g/mol. The third-order valence-electron chi connectivity index (χ3n) is 5.36. The van der Waals surface area contributed by atoms with Crippen molar-refractivity contribution in [1.29, 1.82) is 0 Å². The van der Waals surface area contributed by atoms with Crippen LogP contribution in [-0.2, 0) is 9.59 Å². The summed E-state index contributed by atoms with van der Waals surface area (Å²) >= 11 is 23.9. The molecule has 0 radical (unpaired) electrons. The van der Waals surface area contributed by atoms with Gasteiger partial charge in [-0.1, -0.05) is 46.4 Å². The standard InChI is InChI=1S/C24H26Cl4N2O4/c25-17-5-7-21(19(27)15-17)33-13-1-3-23(31)29-9-11-30(12-10-29)24(32)4-2-14-34-22-8-6-18(26)16-20(22)28/h5-8,15-16H,1-4,9-14H2. The van der Waals surface area contributed by atoms with Gasteiger partial charge in [0, 0.05) is 49.1 Å². The van der Waals surface area contributed by atoms with E-state index in [0.29, 0.717) is 96.7 Å². The fraction of sp³-hybridized carbons (Fsp3) is 0.417. The van der Waals surface area contributed by atoms with Crippen LogP contribution < -0.4 is 9.47 Å². The average Bonchev–Trinajstić information content (AvgIpc) is 2.81. The van der Waals surface area contributed by atoms with Crippen molar-refractivity contribution >= 4 is 58.2 Å². The van der Waals surface area contributed by atoms with E-state index < -0.39 is 0 Å². The highest BCUT2D eigenvalue weighted by Gasteiger charge is 2.23. The summed E-state index contributed by atoms with van der Waals surface area (Å²) in [6, 6.07) is 10.1. The van der Waals surface area contributed by atoms with E-state index in [4.69, 9.17) is 55.9 Å². The molecule has 3 rings (SSSR count). The van der Waals surface area contributed by atoms with Gasteiger partial charge in [-0.05, 0) is 49.2 Å². The summed E-state index contributed by atoms with van der Waals surface area (Å²) in [5, 5.41) is 1.97. The van der Waals surface area contributed by atoms with Crippen LogP contribution in [0, 0.1) is 0 Å². The van der Waals surface area contributed by atoms with Gasteiger partial charge in [0.25, 0.3) is 0 Å². The topological polar surface area (TPSA) is 59.1 Å². The van der Waals surface area contributed by atoms with Crippen LogP contribution in [0.4, 0.5) is 0 Å². The Morgan fingerprint density at radius 1 is 0.676 bits per heavy atom. The number of carbonyl (C=O) groups excluding carboxylic acids is 2. The number of rotatable bonds is 10. The van der Waals surface area contributed by atoms with Crippen LogP contribution in [0.5, 0.6) is 11.5 Å². The SMILES string of the molecule is O=C(CCCOc1ccc(Cl)cc1Cl)N1CCN(C(=O)CCCOc2ccc(Cl)cc2Cl)CC1. The van der Waals surface area contributed by atoms with Gasteiger partial charge < -0.3 is 19.3 Å². The molecule has 1 heterocycles. The quantitative estimate of drug-likeness (QED) is 0.343. The number of benzene rings is 2. The minimum absolute atomic E-state index is 0.0612. The van der Waals surface area contributed by atoms with E-state index in [-0.39, 0.29) is 11.8 Å². The van der Waals surface area contributed by atoms with Crippen LogP contribution >= 0.6 is 46.4 Å². The van der Waals surface area contributed by atoms with Crippen LogP contribution in [0.2, 0.25) is 20.1 Å². The maximum atomic E-state index is 12.5. The van der Waals surface area contributed by atoms with E-state index in [2.05, 4.69) is 0 Å². The molecule has 2 aromatic rings. The number of piperazine rings is 1. The predicted molar refractivity (Wildman–Crippen MR) is 136 cm³/mol. The van der Waals surface area contributed by atoms with Crippen molar-refractivity contribution in [3.05, 3.63) is 56.5 Å². The van der Waals surface area contributed by atoms with Crippen molar-refractivity contribution in [3.63, 3.8) is 0 Å². The lowest BCUT2D eigenvalue weighted by Crippen LogP contribution is -2.50. The molecule has 1 aliphatic heterocycles. The fourth-order valence-electron chi connectivity index (χ4n) is 3.52. The molecule has 6 nitrogen and oxygen atoms in total. The van der Waals surface area contributed by atoms with Crippen molar-refractivity contribution in [2.24, 2.45) is 0 Å². The molecule has 0 N–H and O–H groups in total. The van der Waals surface area contributed by atoms with Crippen LogP contribution in [0.3, 0.4) is 0 Å². The molecule has 0 bridgehead atoms. The van der Waals surface area contributed by atoms with Gasteiger partial charge >= 0.3 is 0 Å². The summed E-state index contributed by atoms with van der Waals surface area (Å²) in [7, 11) is 0. The maximum Gasteiger partial charge on any atom is 0.222 e. The highest BCUT2D eigenvalue weighted by Crippen LogP contribution is 2.28. The number of hydrogen-bond donors (Lipinski definition) is 0. The lowest BCUT2D eigenvalue weighted by molar-refractivity contribution is -0.139. The Balaban J connectivity index is 1.29. The fourth-order valence-corrected chi connectivity index (χ4v) is 4.44. The third kappa shape index (κ3) is 8.12. The van der Waals surface area contributed by atoms with Gasteiger partial charge in [-0.2, -0.15) is 0 Å². The molecule has 0 atom stereocenters. The minimum atomic E-state index is 0.0612. The Kier molecular flexibility index (Phi) is 10.5. The monoisotopic (exact) mass is 546 g/mol. The van der Waals surface area contributed by atoms with E-state index in [9.17, 15) is 9.59 Å². The first-order valence-corrected chi connectivity index (χ1v) is 12.6. The zero-order valence-electron chi connectivity index (χ0n) is 18.6. The molecule has 2 amide bonds. The normalized spacial score (nSPS) is 13.6. The Morgan fingerprint density at radius 3 is 1.41 bits per heavy atom. The summed E-state index contributed by atoms with van der Waals surface area (Å²) in [5.41, 5.74) is 0. The molecule has 34 heavy (non-hydrogen) atoms. The predicted octanol–water partition coefficient (Wildman–Crippen LogP) is 5.99. The summed E-state index contributed by atoms with van der Waals surface area (Å²) in [5.74, 6) is 1.22. The van der Waals surface area contributed by atoms with E-state index in [0.717, 1.165) is 0 Å². The number of amides is 2. The van der Waals surface area contributed by atoms with Crippen LogP contribution in [0.15, 0.2) is 36.4 Å². The first-order valence-electron chi connectivity index (χ1n) is 11.0. The van der Waals surface area contributed by atoms with Crippen molar-refractivity contribution in [1.82, 2.24) is 9.80 Å². The van der Waals surface area contributed by atoms with E-state index >= 15 is 0 Å². The molecule has 1 aliphatic rings. The lowest BCUT2D eigenvalue weighted by atomic mass is 10.2.